The highest BCUT2D eigenvalue weighted by atomic mass is 35.5. The van der Waals surface area contributed by atoms with E-state index in [0.717, 1.165) is 22.8 Å². The maximum atomic E-state index is 11.3. The smallest absolute Gasteiger partial charge is 0.285 e. The van der Waals surface area contributed by atoms with Crippen LogP contribution in [0.2, 0.25) is 5.02 Å². The molecule has 19 heavy (non-hydrogen) atoms. The zero-order valence-corrected chi connectivity index (χ0v) is 11.5. The molecule has 0 atom stereocenters. The van der Waals surface area contributed by atoms with Gasteiger partial charge in [0.1, 0.15) is 22.2 Å². The molecule has 0 amide bonds. The van der Waals surface area contributed by atoms with Crippen molar-refractivity contribution in [1.82, 2.24) is 10.2 Å². The highest BCUT2D eigenvalue weighted by molar-refractivity contribution is 6.32. The number of halogens is 1. The van der Waals surface area contributed by atoms with Crippen LogP contribution in [0.3, 0.4) is 0 Å². The number of nitrogens with one attached hydrogen (secondary N) is 2. The highest BCUT2D eigenvalue weighted by Crippen LogP contribution is 2.17. The number of hydrogen-bond acceptors (Lipinski definition) is 5. The molecule has 0 fully saturated rings. The van der Waals surface area contributed by atoms with Crippen molar-refractivity contribution in [2.24, 2.45) is 5.10 Å². The van der Waals surface area contributed by atoms with E-state index >= 15 is 0 Å². The lowest BCUT2D eigenvalue weighted by Crippen LogP contribution is -2.10. The van der Waals surface area contributed by atoms with Crippen molar-refractivity contribution in [3.05, 3.63) is 44.7 Å². The third-order valence-electron chi connectivity index (χ3n) is 2.57. The molecule has 2 rings (SSSR count). The second kappa shape index (κ2) is 5.27. The van der Waals surface area contributed by atoms with Crippen LogP contribution < -0.4 is 11.0 Å². The van der Waals surface area contributed by atoms with Crippen molar-refractivity contribution < 1.29 is 4.42 Å². The molecule has 0 saturated carbocycles. The number of aromatic nitrogens is 2. The number of aryl methyl sites for hydroxylation is 2. The maximum absolute atomic E-state index is 11.3. The third-order valence-corrected chi connectivity index (χ3v) is 2.95. The SMILES string of the molecule is C/C(=N/Nc1cn[nH]c(=O)c1Cl)c1cc(C)oc1C. The molecule has 0 aliphatic heterocycles. The van der Waals surface area contributed by atoms with Gasteiger partial charge in [0.25, 0.3) is 5.56 Å². The Morgan fingerprint density at radius 3 is 2.89 bits per heavy atom. The Balaban J connectivity index is 2.25. The Bertz CT molecular complexity index is 687. The normalized spacial score (nSPS) is 11.7. The Kier molecular flexibility index (Phi) is 3.71. The van der Waals surface area contributed by atoms with Gasteiger partial charge in [0.15, 0.2) is 0 Å². The van der Waals surface area contributed by atoms with Crippen molar-refractivity contribution in [1.29, 1.82) is 0 Å². The summed E-state index contributed by atoms with van der Waals surface area (Å²) in [6.45, 7) is 5.57. The standard InChI is InChI=1S/C12H13ClN4O2/c1-6-4-9(8(3)19-6)7(2)15-16-10-5-14-17-12(18)11(10)13/h4-5H,1-3H3,(H2,16,17,18)/b15-7-. The quantitative estimate of drug-likeness (QED) is 0.668. The number of aromatic amines is 1. The first kappa shape index (κ1) is 13.4. The summed E-state index contributed by atoms with van der Waals surface area (Å²) < 4.78 is 5.43. The zero-order valence-electron chi connectivity index (χ0n) is 10.7. The van der Waals surface area contributed by atoms with E-state index in [1.54, 1.807) is 0 Å². The molecule has 0 aliphatic rings. The lowest BCUT2D eigenvalue weighted by Gasteiger charge is -2.03. The predicted molar refractivity (Wildman–Crippen MR) is 73.9 cm³/mol. The minimum atomic E-state index is -0.463. The van der Waals surface area contributed by atoms with Gasteiger partial charge in [-0.2, -0.15) is 10.2 Å². The Morgan fingerprint density at radius 1 is 1.53 bits per heavy atom. The minimum Gasteiger partial charge on any atom is -0.466 e. The molecule has 0 saturated heterocycles. The second-order valence-corrected chi connectivity index (χ2v) is 4.44. The lowest BCUT2D eigenvalue weighted by atomic mass is 10.2. The number of hydrogen-bond donors (Lipinski definition) is 2. The minimum absolute atomic E-state index is 0.0200. The first-order valence-electron chi connectivity index (χ1n) is 5.60. The molecule has 0 unspecified atom stereocenters. The Morgan fingerprint density at radius 2 is 2.26 bits per heavy atom. The fraction of sp³-hybridized carbons (Fsp3) is 0.250. The molecule has 0 spiro atoms. The van der Waals surface area contributed by atoms with Crippen LogP contribution in [-0.4, -0.2) is 15.9 Å². The van der Waals surface area contributed by atoms with Crippen LogP contribution >= 0.6 is 11.6 Å². The van der Waals surface area contributed by atoms with E-state index in [-0.39, 0.29) is 5.02 Å². The number of anilines is 1. The van der Waals surface area contributed by atoms with Gasteiger partial charge in [-0.3, -0.25) is 10.2 Å². The first-order chi connectivity index (χ1) is 8.99. The summed E-state index contributed by atoms with van der Waals surface area (Å²) in [6.07, 6.45) is 1.40. The van der Waals surface area contributed by atoms with E-state index in [2.05, 4.69) is 20.7 Å². The van der Waals surface area contributed by atoms with E-state index < -0.39 is 5.56 Å². The fourth-order valence-corrected chi connectivity index (χ4v) is 1.79. The van der Waals surface area contributed by atoms with Gasteiger partial charge < -0.3 is 4.42 Å². The molecule has 2 aromatic heterocycles. The molecule has 6 nitrogen and oxygen atoms in total. The average molecular weight is 281 g/mol. The molecule has 100 valence electrons. The molecule has 0 radical (unpaired) electrons. The number of nitrogens with zero attached hydrogens (tertiary/aromatic N) is 2. The van der Waals surface area contributed by atoms with Gasteiger partial charge in [0, 0.05) is 5.56 Å². The molecular formula is C12H13ClN4O2. The summed E-state index contributed by atoms with van der Waals surface area (Å²) in [7, 11) is 0. The number of hydrazone groups is 1. The molecule has 0 aromatic carbocycles. The van der Waals surface area contributed by atoms with Gasteiger partial charge in [-0.15, -0.1) is 0 Å². The van der Waals surface area contributed by atoms with E-state index in [1.165, 1.54) is 6.20 Å². The van der Waals surface area contributed by atoms with E-state index in [4.69, 9.17) is 16.0 Å². The number of furan rings is 1. The van der Waals surface area contributed by atoms with Gasteiger partial charge >= 0.3 is 0 Å². The monoisotopic (exact) mass is 280 g/mol. The van der Waals surface area contributed by atoms with Gasteiger partial charge in [-0.25, -0.2) is 5.10 Å². The summed E-state index contributed by atoms with van der Waals surface area (Å²) in [6, 6.07) is 1.90. The summed E-state index contributed by atoms with van der Waals surface area (Å²) >= 11 is 5.82. The molecule has 0 aliphatic carbocycles. The average Bonchev–Trinajstić information content (AvgIpc) is 2.70. The summed E-state index contributed by atoms with van der Waals surface area (Å²) in [5, 5.41) is 10.1. The Hall–Kier alpha value is -2.08. The van der Waals surface area contributed by atoms with Gasteiger partial charge in [-0.05, 0) is 26.8 Å². The van der Waals surface area contributed by atoms with Crippen LogP contribution in [0.25, 0.3) is 0 Å². The lowest BCUT2D eigenvalue weighted by molar-refractivity contribution is 0.504. The molecule has 2 heterocycles. The fourth-order valence-electron chi connectivity index (χ4n) is 1.66. The zero-order chi connectivity index (χ0) is 14.0. The van der Waals surface area contributed by atoms with Crippen LogP contribution in [0.5, 0.6) is 0 Å². The second-order valence-electron chi connectivity index (χ2n) is 4.06. The Labute approximate surface area is 114 Å². The molecule has 2 aromatic rings. The number of H-pyrrole nitrogens is 1. The van der Waals surface area contributed by atoms with Crippen LogP contribution in [-0.2, 0) is 0 Å². The first-order valence-corrected chi connectivity index (χ1v) is 5.97. The summed E-state index contributed by atoms with van der Waals surface area (Å²) in [5.74, 6) is 1.61. The third kappa shape index (κ3) is 2.85. The van der Waals surface area contributed by atoms with Crippen LogP contribution in [0.15, 0.2) is 26.6 Å². The summed E-state index contributed by atoms with van der Waals surface area (Å²) in [4.78, 5) is 11.3. The van der Waals surface area contributed by atoms with Crippen molar-refractivity contribution in [3.8, 4) is 0 Å². The van der Waals surface area contributed by atoms with E-state index in [1.807, 2.05) is 26.8 Å². The van der Waals surface area contributed by atoms with Crippen LogP contribution in [0, 0.1) is 13.8 Å². The topological polar surface area (TPSA) is 83.3 Å². The number of rotatable bonds is 3. The maximum Gasteiger partial charge on any atom is 0.285 e. The molecular weight excluding hydrogens is 268 g/mol. The molecule has 0 bridgehead atoms. The van der Waals surface area contributed by atoms with Gasteiger partial charge in [0.05, 0.1) is 11.9 Å². The molecule has 7 heteroatoms. The highest BCUT2D eigenvalue weighted by Gasteiger charge is 2.08. The van der Waals surface area contributed by atoms with E-state index in [0.29, 0.717) is 5.69 Å². The van der Waals surface area contributed by atoms with Gasteiger partial charge in [-0.1, -0.05) is 11.6 Å². The van der Waals surface area contributed by atoms with Crippen LogP contribution in [0.1, 0.15) is 24.0 Å². The predicted octanol–water partition coefficient (Wildman–Crippen LogP) is 2.47. The van der Waals surface area contributed by atoms with E-state index in [9.17, 15) is 4.79 Å². The van der Waals surface area contributed by atoms with Crippen molar-refractivity contribution in [3.63, 3.8) is 0 Å². The van der Waals surface area contributed by atoms with Crippen molar-refractivity contribution in [2.45, 2.75) is 20.8 Å². The van der Waals surface area contributed by atoms with Gasteiger partial charge in [0.2, 0.25) is 0 Å². The largest absolute Gasteiger partial charge is 0.466 e. The van der Waals surface area contributed by atoms with Crippen molar-refractivity contribution >= 4 is 23.0 Å². The molecule has 2 N–H and O–H groups in total. The van der Waals surface area contributed by atoms with Crippen molar-refractivity contribution in [2.75, 3.05) is 5.43 Å². The van der Waals surface area contributed by atoms with Crippen LogP contribution in [0.4, 0.5) is 5.69 Å². The summed E-state index contributed by atoms with van der Waals surface area (Å²) in [5.41, 5.74) is 4.24.